The molecule has 0 fully saturated rings. The average molecular weight is 434 g/mol. The van der Waals surface area contributed by atoms with Crippen molar-refractivity contribution < 1.29 is 17.2 Å². The van der Waals surface area contributed by atoms with E-state index in [4.69, 9.17) is 0 Å². The first-order chi connectivity index (χ1) is 14.2. The summed E-state index contributed by atoms with van der Waals surface area (Å²) in [5, 5.41) is 2.90. The number of pyridine rings is 3. The van der Waals surface area contributed by atoms with Gasteiger partial charge in [-0.15, -0.1) is 0 Å². The number of rotatable bonds is 7. The Morgan fingerprint density at radius 3 is 2.50 bits per heavy atom. The zero-order valence-corrected chi connectivity index (χ0v) is 17.3. The molecule has 0 aliphatic carbocycles. The van der Waals surface area contributed by atoms with E-state index in [2.05, 4.69) is 20.3 Å². The Balaban J connectivity index is 1.89. The van der Waals surface area contributed by atoms with E-state index in [1.54, 1.807) is 20.0 Å². The van der Waals surface area contributed by atoms with Gasteiger partial charge in [0.25, 0.3) is 10.2 Å². The second kappa shape index (κ2) is 8.67. The van der Waals surface area contributed by atoms with Gasteiger partial charge in [0, 0.05) is 32.1 Å². The summed E-state index contributed by atoms with van der Waals surface area (Å²) in [6, 6.07) is 2.81. The molecule has 0 bridgehead atoms. The van der Waals surface area contributed by atoms with Crippen LogP contribution >= 0.6 is 0 Å². The molecule has 0 aliphatic rings. The van der Waals surface area contributed by atoms with Crippen molar-refractivity contribution in [3.63, 3.8) is 0 Å². The van der Waals surface area contributed by atoms with Crippen LogP contribution in [0, 0.1) is 25.5 Å². The largest absolute Gasteiger partial charge is 0.336 e. The van der Waals surface area contributed by atoms with Gasteiger partial charge in [0.05, 0.1) is 11.9 Å². The topological polar surface area (TPSA) is 109 Å². The lowest BCUT2D eigenvalue weighted by atomic mass is 10.0. The lowest BCUT2D eigenvalue weighted by Gasteiger charge is -2.14. The molecule has 3 N–H and O–H groups in total. The van der Waals surface area contributed by atoms with E-state index in [0.29, 0.717) is 16.8 Å². The van der Waals surface area contributed by atoms with Crippen LogP contribution in [0.15, 0.2) is 36.9 Å². The lowest BCUT2D eigenvalue weighted by molar-refractivity contribution is 0.589. The summed E-state index contributed by atoms with van der Waals surface area (Å²) in [7, 11) is -2.71. The zero-order valence-electron chi connectivity index (χ0n) is 16.5. The van der Waals surface area contributed by atoms with Gasteiger partial charge in [-0.2, -0.15) is 8.42 Å². The molecule has 8 nitrogen and oxygen atoms in total. The molecule has 0 aromatic carbocycles. The van der Waals surface area contributed by atoms with Crippen LogP contribution in [-0.4, -0.2) is 30.4 Å². The Morgan fingerprint density at radius 2 is 1.80 bits per heavy atom. The van der Waals surface area contributed by atoms with Gasteiger partial charge in [-0.25, -0.2) is 23.5 Å². The van der Waals surface area contributed by atoms with Gasteiger partial charge in [0.2, 0.25) is 0 Å². The van der Waals surface area contributed by atoms with Crippen molar-refractivity contribution in [3.8, 4) is 0 Å². The van der Waals surface area contributed by atoms with Crippen LogP contribution < -0.4 is 14.8 Å². The van der Waals surface area contributed by atoms with Gasteiger partial charge in [0.15, 0.2) is 23.3 Å². The van der Waals surface area contributed by atoms with Crippen molar-refractivity contribution in [2.24, 2.45) is 0 Å². The van der Waals surface area contributed by atoms with Crippen molar-refractivity contribution in [2.75, 3.05) is 17.1 Å². The number of aromatic nitrogens is 3. The van der Waals surface area contributed by atoms with Crippen molar-refractivity contribution in [1.82, 2.24) is 19.7 Å². The molecule has 3 aromatic heterocycles. The number of anilines is 3. The van der Waals surface area contributed by atoms with Crippen LogP contribution in [0.4, 0.5) is 26.1 Å². The first-order valence-electron chi connectivity index (χ1n) is 8.87. The first kappa shape index (κ1) is 21.5. The fourth-order valence-corrected chi connectivity index (χ4v) is 3.20. The van der Waals surface area contributed by atoms with Gasteiger partial charge in [-0.1, -0.05) is 0 Å². The third-order valence-corrected chi connectivity index (χ3v) is 5.40. The molecule has 3 aromatic rings. The first-order valence-corrected chi connectivity index (χ1v) is 10.4. The third-order valence-electron chi connectivity index (χ3n) is 4.40. The number of hydrogen-bond donors (Lipinski definition) is 3. The average Bonchev–Trinajstić information content (AvgIpc) is 2.69. The minimum atomic E-state index is -3.91. The molecule has 0 atom stereocenters. The van der Waals surface area contributed by atoms with Crippen LogP contribution in [0.3, 0.4) is 0 Å². The highest BCUT2D eigenvalue weighted by Crippen LogP contribution is 2.26. The predicted molar refractivity (Wildman–Crippen MR) is 110 cm³/mol. The van der Waals surface area contributed by atoms with Crippen molar-refractivity contribution in [3.05, 3.63) is 70.8 Å². The predicted octanol–water partition coefficient (Wildman–Crippen LogP) is 2.98. The molecular formula is C19H20F2N6O2S. The monoisotopic (exact) mass is 434 g/mol. The van der Waals surface area contributed by atoms with E-state index in [1.807, 2.05) is 9.44 Å². The van der Waals surface area contributed by atoms with E-state index in [0.717, 1.165) is 5.56 Å². The van der Waals surface area contributed by atoms with E-state index in [-0.39, 0.29) is 17.8 Å². The fourth-order valence-electron chi connectivity index (χ4n) is 2.70. The van der Waals surface area contributed by atoms with Crippen LogP contribution in [0.5, 0.6) is 0 Å². The molecule has 3 rings (SSSR count). The molecular weight excluding hydrogens is 414 g/mol. The van der Waals surface area contributed by atoms with E-state index in [9.17, 15) is 17.2 Å². The molecule has 3 heterocycles. The van der Waals surface area contributed by atoms with E-state index >= 15 is 0 Å². The number of hydrogen-bond acceptors (Lipinski definition) is 6. The molecule has 0 amide bonds. The maximum absolute atomic E-state index is 14.8. The number of nitrogens with zero attached hydrogens (tertiary/aromatic N) is 3. The molecule has 0 saturated carbocycles. The summed E-state index contributed by atoms with van der Waals surface area (Å²) in [6.07, 6.45) is 6.06. The summed E-state index contributed by atoms with van der Waals surface area (Å²) in [6.45, 7) is 3.52. The molecule has 0 unspecified atom stereocenters. The smallest absolute Gasteiger partial charge is 0.300 e. The third kappa shape index (κ3) is 4.86. The van der Waals surface area contributed by atoms with Crippen molar-refractivity contribution >= 4 is 27.5 Å². The molecule has 0 radical (unpaired) electrons. The zero-order chi connectivity index (χ0) is 21.9. The summed E-state index contributed by atoms with van der Waals surface area (Å²) < 4.78 is 56.2. The Labute approximate surface area is 173 Å². The quantitative estimate of drug-likeness (QED) is 0.528. The molecule has 0 aliphatic heterocycles. The molecule has 30 heavy (non-hydrogen) atoms. The van der Waals surface area contributed by atoms with E-state index in [1.165, 1.54) is 37.8 Å². The Bertz CT molecular complexity index is 1190. The van der Waals surface area contributed by atoms with Gasteiger partial charge < -0.3 is 5.32 Å². The normalized spacial score (nSPS) is 11.4. The highest BCUT2D eigenvalue weighted by atomic mass is 32.2. The second-order valence-electron chi connectivity index (χ2n) is 6.56. The SMILES string of the molecule is CNS(=O)(=O)Nc1nccc(Cc2cncc(Nc3ncc(C)cc3F)c2C)c1F. The highest BCUT2D eigenvalue weighted by molar-refractivity contribution is 7.90. The van der Waals surface area contributed by atoms with Crippen molar-refractivity contribution in [2.45, 2.75) is 20.3 Å². The van der Waals surface area contributed by atoms with Crippen molar-refractivity contribution in [1.29, 1.82) is 0 Å². The summed E-state index contributed by atoms with van der Waals surface area (Å²) >= 11 is 0. The lowest BCUT2D eigenvalue weighted by Crippen LogP contribution is -2.27. The van der Waals surface area contributed by atoms with Gasteiger partial charge in [-0.3, -0.25) is 9.71 Å². The second-order valence-corrected chi connectivity index (χ2v) is 8.18. The molecule has 158 valence electrons. The van der Waals surface area contributed by atoms with E-state index < -0.39 is 27.7 Å². The maximum atomic E-state index is 14.8. The highest BCUT2D eigenvalue weighted by Gasteiger charge is 2.17. The summed E-state index contributed by atoms with van der Waals surface area (Å²) in [5.41, 5.74) is 2.83. The standard InChI is InChI=1S/C19H20F2N6O2S/c1-11-6-15(20)18(25-8-11)26-16-10-23-9-14(12(16)2)7-13-4-5-24-19(17(13)21)27-30(28,29)22-3/h4-6,8-10,22H,7H2,1-3H3,(H,24,27)(H,25,26). The number of nitrogens with one attached hydrogen (secondary N) is 3. The fraction of sp³-hybridized carbons (Fsp3) is 0.211. The number of halogens is 2. The Hall–Kier alpha value is -3.18. The molecule has 0 saturated heterocycles. The van der Waals surface area contributed by atoms with Gasteiger partial charge >= 0.3 is 0 Å². The van der Waals surface area contributed by atoms with Crippen LogP contribution in [0.2, 0.25) is 0 Å². The van der Waals surface area contributed by atoms with Gasteiger partial charge in [-0.05, 0) is 48.2 Å². The Morgan fingerprint density at radius 1 is 1.03 bits per heavy atom. The van der Waals surface area contributed by atoms with Crippen LogP contribution in [0.1, 0.15) is 22.3 Å². The van der Waals surface area contributed by atoms with Crippen LogP contribution in [-0.2, 0) is 16.6 Å². The summed E-state index contributed by atoms with van der Waals surface area (Å²) in [5.74, 6) is -1.64. The Kier molecular flexibility index (Phi) is 6.22. The minimum absolute atomic E-state index is 0.0569. The number of aryl methyl sites for hydroxylation is 1. The van der Waals surface area contributed by atoms with Gasteiger partial charge in [0.1, 0.15) is 0 Å². The van der Waals surface area contributed by atoms with Crippen LogP contribution in [0.25, 0.3) is 0 Å². The maximum Gasteiger partial charge on any atom is 0.300 e. The molecule has 11 heteroatoms. The molecule has 0 spiro atoms. The minimum Gasteiger partial charge on any atom is -0.336 e. The summed E-state index contributed by atoms with van der Waals surface area (Å²) in [4.78, 5) is 11.9.